The first-order valence-corrected chi connectivity index (χ1v) is 6.91. The third-order valence-corrected chi connectivity index (χ3v) is 4.50. The Morgan fingerprint density at radius 1 is 1.26 bits per heavy atom. The van der Waals surface area contributed by atoms with Gasteiger partial charge in [-0.15, -0.1) is 0 Å². The van der Waals surface area contributed by atoms with Crippen molar-refractivity contribution >= 4 is 11.7 Å². The lowest BCUT2D eigenvalue weighted by Gasteiger charge is -2.27. The molecule has 19 heavy (non-hydrogen) atoms. The van der Waals surface area contributed by atoms with E-state index >= 15 is 0 Å². The molecule has 3 nitrogen and oxygen atoms in total. The van der Waals surface area contributed by atoms with Crippen LogP contribution >= 0.6 is 0 Å². The monoisotopic (exact) mass is 257 g/mol. The SMILES string of the molecule is CC(Nc1ccc(C(=O)O)cc1)C1CC2C=CC1C2. The fourth-order valence-electron chi connectivity index (χ4n) is 3.48. The highest BCUT2D eigenvalue weighted by atomic mass is 16.4. The Hall–Kier alpha value is -1.77. The molecule has 2 N–H and O–H groups in total. The zero-order valence-electron chi connectivity index (χ0n) is 11.0. The van der Waals surface area contributed by atoms with Gasteiger partial charge in [0, 0.05) is 11.7 Å². The molecule has 1 fully saturated rings. The Bertz CT molecular complexity index is 506. The smallest absolute Gasteiger partial charge is 0.335 e. The summed E-state index contributed by atoms with van der Waals surface area (Å²) in [7, 11) is 0. The van der Waals surface area contributed by atoms with E-state index in [1.807, 2.05) is 12.1 Å². The molecule has 100 valence electrons. The zero-order valence-corrected chi connectivity index (χ0v) is 11.0. The number of carbonyl (C=O) groups is 1. The van der Waals surface area contributed by atoms with E-state index in [4.69, 9.17) is 5.11 Å². The second kappa shape index (κ2) is 4.72. The summed E-state index contributed by atoms with van der Waals surface area (Å²) in [4.78, 5) is 10.8. The van der Waals surface area contributed by atoms with E-state index in [1.54, 1.807) is 12.1 Å². The molecule has 1 aromatic rings. The highest BCUT2D eigenvalue weighted by Gasteiger charge is 2.38. The Labute approximate surface area is 113 Å². The van der Waals surface area contributed by atoms with Crippen molar-refractivity contribution in [1.29, 1.82) is 0 Å². The van der Waals surface area contributed by atoms with Gasteiger partial charge >= 0.3 is 5.97 Å². The standard InChI is InChI=1S/C16H19NO2/c1-10(15-9-11-2-3-13(15)8-11)17-14-6-4-12(5-7-14)16(18)19/h2-7,10-11,13,15,17H,8-9H2,1H3,(H,18,19). The molecule has 2 aliphatic carbocycles. The number of allylic oxidation sites excluding steroid dienone is 2. The van der Waals surface area contributed by atoms with E-state index in [1.165, 1.54) is 12.8 Å². The van der Waals surface area contributed by atoms with Gasteiger partial charge in [0.05, 0.1) is 5.56 Å². The summed E-state index contributed by atoms with van der Waals surface area (Å²) in [5, 5.41) is 12.4. The van der Waals surface area contributed by atoms with Gasteiger partial charge in [-0.05, 0) is 61.8 Å². The van der Waals surface area contributed by atoms with Crippen molar-refractivity contribution in [2.24, 2.45) is 17.8 Å². The largest absolute Gasteiger partial charge is 0.478 e. The third kappa shape index (κ3) is 2.37. The highest BCUT2D eigenvalue weighted by molar-refractivity contribution is 5.88. The van der Waals surface area contributed by atoms with Crippen LogP contribution in [0, 0.1) is 17.8 Å². The highest BCUT2D eigenvalue weighted by Crippen LogP contribution is 2.45. The van der Waals surface area contributed by atoms with Crippen LogP contribution < -0.4 is 5.32 Å². The van der Waals surface area contributed by atoms with E-state index in [2.05, 4.69) is 24.4 Å². The van der Waals surface area contributed by atoms with Crippen molar-refractivity contribution in [3.63, 3.8) is 0 Å². The quantitative estimate of drug-likeness (QED) is 0.813. The Kier molecular flexibility index (Phi) is 3.05. The molecule has 2 bridgehead atoms. The normalized spacial score (nSPS) is 29.4. The second-order valence-corrected chi connectivity index (χ2v) is 5.76. The van der Waals surface area contributed by atoms with Gasteiger partial charge in [0.1, 0.15) is 0 Å². The average Bonchev–Trinajstić information content (AvgIpc) is 3.01. The van der Waals surface area contributed by atoms with Gasteiger partial charge in [0.15, 0.2) is 0 Å². The molecule has 0 spiro atoms. The molecule has 3 rings (SSSR count). The van der Waals surface area contributed by atoms with E-state index in [-0.39, 0.29) is 0 Å². The van der Waals surface area contributed by atoms with Crippen LogP contribution in [0.5, 0.6) is 0 Å². The van der Waals surface area contributed by atoms with Crippen molar-refractivity contribution in [3.8, 4) is 0 Å². The van der Waals surface area contributed by atoms with Gasteiger partial charge < -0.3 is 10.4 Å². The van der Waals surface area contributed by atoms with Crippen LogP contribution in [0.15, 0.2) is 36.4 Å². The van der Waals surface area contributed by atoms with E-state index in [9.17, 15) is 4.79 Å². The van der Waals surface area contributed by atoms with Crippen molar-refractivity contribution in [3.05, 3.63) is 42.0 Å². The summed E-state index contributed by atoms with van der Waals surface area (Å²) in [6.45, 7) is 2.23. The molecular formula is C16H19NO2. The number of carboxylic acid groups (broad SMARTS) is 1. The van der Waals surface area contributed by atoms with Crippen LogP contribution in [0.3, 0.4) is 0 Å². The van der Waals surface area contributed by atoms with Crippen LogP contribution in [-0.2, 0) is 0 Å². The van der Waals surface area contributed by atoms with E-state index in [0.29, 0.717) is 17.5 Å². The molecule has 0 saturated heterocycles. The lowest BCUT2D eigenvalue weighted by Crippen LogP contribution is -2.28. The molecule has 3 heteroatoms. The lowest BCUT2D eigenvalue weighted by atomic mass is 9.87. The van der Waals surface area contributed by atoms with Crippen LogP contribution in [0.2, 0.25) is 0 Å². The number of rotatable bonds is 4. The molecule has 1 aromatic carbocycles. The fourth-order valence-corrected chi connectivity index (χ4v) is 3.48. The first-order valence-electron chi connectivity index (χ1n) is 6.91. The van der Waals surface area contributed by atoms with Gasteiger partial charge in [-0.1, -0.05) is 12.2 Å². The van der Waals surface area contributed by atoms with Gasteiger partial charge in [0.25, 0.3) is 0 Å². The van der Waals surface area contributed by atoms with Crippen molar-refractivity contribution in [2.45, 2.75) is 25.8 Å². The van der Waals surface area contributed by atoms with Gasteiger partial charge in [-0.3, -0.25) is 0 Å². The molecular weight excluding hydrogens is 238 g/mol. The minimum absolute atomic E-state index is 0.334. The summed E-state index contributed by atoms with van der Waals surface area (Å²) in [5.41, 5.74) is 1.34. The number of hydrogen-bond acceptors (Lipinski definition) is 2. The summed E-state index contributed by atoms with van der Waals surface area (Å²) in [5.74, 6) is 1.34. The number of aromatic carboxylic acids is 1. The Balaban J connectivity index is 1.64. The van der Waals surface area contributed by atoms with Crippen LogP contribution in [0.1, 0.15) is 30.1 Å². The maximum Gasteiger partial charge on any atom is 0.335 e. The van der Waals surface area contributed by atoms with Crippen LogP contribution in [0.25, 0.3) is 0 Å². The first-order chi connectivity index (χ1) is 9.13. The topological polar surface area (TPSA) is 49.3 Å². The maximum absolute atomic E-state index is 10.8. The maximum atomic E-state index is 10.8. The Morgan fingerprint density at radius 3 is 2.53 bits per heavy atom. The van der Waals surface area contributed by atoms with E-state index < -0.39 is 5.97 Å². The van der Waals surface area contributed by atoms with Crippen molar-refractivity contribution in [1.82, 2.24) is 0 Å². The number of fused-ring (bicyclic) bond motifs is 2. The summed E-state index contributed by atoms with van der Waals surface area (Å²) >= 11 is 0. The van der Waals surface area contributed by atoms with Crippen LogP contribution in [-0.4, -0.2) is 17.1 Å². The first kappa shape index (κ1) is 12.3. The number of anilines is 1. The molecule has 1 saturated carbocycles. The van der Waals surface area contributed by atoms with Gasteiger partial charge in [-0.25, -0.2) is 4.79 Å². The lowest BCUT2D eigenvalue weighted by molar-refractivity contribution is 0.0697. The summed E-state index contributed by atoms with van der Waals surface area (Å²) in [6, 6.07) is 7.43. The summed E-state index contributed by atoms with van der Waals surface area (Å²) in [6.07, 6.45) is 7.32. The van der Waals surface area contributed by atoms with Crippen molar-refractivity contribution < 1.29 is 9.90 Å². The predicted octanol–water partition coefficient (Wildman–Crippen LogP) is 3.40. The van der Waals surface area contributed by atoms with Gasteiger partial charge in [0.2, 0.25) is 0 Å². The minimum Gasteiger partial charge on any atom is -0.478 e. The van der Waals surface area contributed by atoms with Crippen molar-refractivity contribution in [2.75, 3.05) is 5.32 Å². The van der Waals surface area contributed by atoms with Crippen LogP contribution in [0.4, 0.5) is 5.69 Å². The minimum atomic E-state index is -0.877. The van der Waals surface area contributed by atoms with E-state index in [0.717, 1.165) is 17.5 Å². The molecule has 4 atom stereocenters. The fraction of sp³-hybridized carbons (Fsp3) is 0.438. The molecule has 0 radical (unpaired) electrons. The Morgan fingerprint density at radius 2 is 2.00 bits per heavy atom. The molecule has 4 unspecified atom stereocenters. The third-order valence-electron chi connectivity index (χ3n) is 4.50. The number of nitrogens with one attached hydrogen (secondary N) is 1. The zero-order chi connectivity index (χ0) is 13.4. The predicted molar refractivity (Wildman–Crippen MR) is 75.3 cm³/mol. The number of benzene rings is 1. The molecule has 0 aliphatic heterocycles. The second-order valence-electron chi connectivity index (χ2n) is 5.76. The van der Waals surface area contributed by atoms with Gasteiger partial charge in [-0.2, -0.15) is 0 Å². The number of carboxylic acids is 1. The molecule has 0 aromatic heterocycles. The summed E-state index contributed by atoms with van der Waals surface area (Å²) < 4.78 is 0. The molecule has 0 heterocycles. The molecule has 2 aliphatic rings. The average molecular weight is 257 g/mol. The number of hydrogen-bond donors (Lipinski definition) is 2. The molecule has 0 amide bonds.